The van der Waals surface area contributed by atoms with Crippen molar-refractivity contribution in [3.05, 3.63) is 45.5 Å². The van der Waals surface area contributed by atoms with Gasteiger partial charge in [-0.3, -0.25) is 14.5 Å². The number of carbonyl (C=O) groups is 5. The number of carboxylic acids is 1. The summed E-state index contributed by atoms with van der Waals surface area (Å²) in [5.74, 6) is -2.65. The normalized spacial score (nSPS) is 28.9. The van der Waals surface area contributed by atoms with E-state index in [1.54, 1.807) is 12.1 Å². The van der Waals surface area contributed by atoms with Gasteiger partial charge in [-0.2, -0.15) is 0 Å². The molecule has 5 rings (SSSR count). The first kappa shape index (κ1) is 33.8. The second-order valence-corrected chi connectivity index (χ2v) is 14.5. The molecule has 0 radical (unpaired) electrons. The summed E-state index contributed by atoms with van der Waals surface area (Å²) in [6.45, 7) is 5.89. The number of hydrogen-bond donors (Lipinski definition) is 4. The lowest BCUT2D eigenvalue weighted by Gasteiger charge is -2.30. The molecule has 0 unspecified atom stereocenters. The van der Waals surface area contributed by atoms with Crippen molar-refractivity contribution in [3.8, 4) is 0 Å². The van der Waals surface area contributed by atoms with Gasteiger partial charge in [0.25, 0.3) is 0 Å². The zero-order valence-electron chi connectivity index (χ0n) is 26.2. The maximum atomic E-state index is 14.1. The highest BCUT2D eigenvalue weighted by Crippen LogP contribution is 2.45. The third kappa shape index (κ3) is 7.54. The average Bonchev–Trinajstić information content (AvgIpc) is 3.27. The molecule has 0 spiro atoms. The van der Waals surface area contributed by atoms with E-state index in [0.717, 1.165) is 30.4 Å². The summed E-state index contributed by atoms with van der Waals surface area (Å²) in [6.07, 6.45) is 5.86. The summed E-state index contributed by atoms with van der Waals surface area (Å²) in [5.41, 5.74) is -0.332. The van der Waals surface area contributed by atoms with Crippen LogP contribution in [0.1, 0.15) is 76.8 Å². The van der Waals surface area contributed by atoms with E-state index < -0.39 is 59.2 Å². The van der Waals surface area contributed by atoms with E-state index in [0.29, 0.717) is 22.9 Å². The molecule has 4 aliphatic rings. The van der Waals surface area contributed by atoms with Gasteiger partial charge in [0.2, 0.25) is 11.8 Å². The van der Waals surface area contributed by atoms with Gasteiger partial charge in [0.15, 0.2) is 0 Å². The van der Waals surface area contributed by atoms with E-state index >= 15 is 0 Å². The monoisotopic (exact) mass is 677 g/mol. The lowest BCUT2D eigenvalue weighted by molar-refractivity contribution is -0.145. The molecule has 1 aromatic carbocycles. The number of benzene rings is 1. The fourth-order valence-corrected chi connectivity index (χ4v) is 6.79. The van der Waals surface area contributed by atoms with Crippen LogP contribution in [0, 0.1) is 5.92 Å². The van der Waals surface area contributed by atoms with Crippen LogP contribution in [0.3, 0.4) is 0 Å². The second-order valence-electron chi connectivity index (χ2n) is 13.7. The first-order chi connectivity index (χ1) is 21.7. The lowest BCUT2D eigenvalue weighted by atomic mass is 10.0. The Morgan fingerprint density at radius 3 is 2.37 bits per heavy atom. The van der Waals surface area contributed by atoms with Gasteiger partial charge in [0.05, 0.1) is 16.6 Å². The van der Waals surface area contributed by atoms with Gasteiger partial charge in [-0.1, -0.05) is 48.2 Å². The molecule has 250 valence electrons. The number of fused-ring (bicyclic) bond motifs is 3. The fraction of sp³-hybridized carbons (Fsp3) is 0.594. The highest BCUT2D eigenvalue weighted by molar-refractivity contribution is 6.42. The Morgan fingerprint density at radius 2 is 1.74 bits per heavy atom. The minimum atomic E-state index is -1.47. The molecule has 0 aromatic heterocycles. The molecule has 4 N–H and O–H groups in total. The van der Waals surface area contributed by atoms with Gasteiger partial charge in [-0.15, -0.1) is 0 Å². The van der Waals surface area contributed by atoms with Crippen molar-refractivity contribution in [1.29, 1.82) is 0 Å². The van der Waals surface area contributed by atoms with Crippen molar-refractivity contribution in [1.82, 2.24) is 25.8 Å². The Kier molecular flexibility index (Phi) is 9.79. The van der Waals surface area contributed by atoms with Crippen LogP contribution in [0.2, 0.25) is 10.0 Å². The maximum absolute atomic E-state index is 14.1. The fourth-order valence-electron chi connectivity index (χ4n) is 6.42. The maximum Gasteiger partial charge on any atom is 0.410 e. The molecule has 3 aliphatic heterocycles. The summed E-state index contributed by atoms with van der Waals surface area (Å²) < 4.78 is 5.84. The van der Waals surface area contributed by atoms with E-state index in [1.165, 1.54) is 9.80 Å². The van der Waals surface area contributed by atoms with Crippen molar-refractivity contribution >= 4 is 53.1 Å². The summed E-state index contributed by atoms with van der Waals surface area (Å²) in [7, 11) is 0. The number of hydrogen-bond acceptors (Lipinski definition) is 6. The Morgan fingerprint density at radius 1 is 1.07 bits per heavy atom. The van der Waals surface area contributed by atoms with E-state index in [4.69, 9.17) is 27.9 Å². The predicted octanol–water partition coefficient (Wildman–Crippen LogP) is 4.36. The molecule has 1 saturated carbocycles. The SMILES string of the molecule is CC(C)(C)NC(=O)N[C@H]1CCCCC/C=C\[C@@H]2C[C@@]2(C(=O)O)NC(=O)[C@@H]2C[C@@H](OC(=O)N3Cc4cc(Cl)c(Cl)cc4C3)CN2C1=O. The number of nitrogens with zero attached hydrogens (tertiary/aromatic N) is 2. The van der Waals surface area contributed by atoms with Gasteiger partial charge < -0.3 is 30.7 Å². The van der Waals surface area contributed by atoms with Crippen molar-refractivity contribution in [2.24, 2.45) is 5.92 Å². The molecule has 5 amide bonds. The lowest BCUT2D eigenvalue weighted by Crippen LogP contribution is -2.58. The summed E-state index contributed by atoms with van der Waals surface area (Å²) in [5, 5.41) is 19.1. The Labute approximate surface area is 278 Å². The molecule has 3 heterocycles. The van der Waals surface area contributed by atoms with E-state index in [1.807, 2.05) is 32.9 Å². The van der Waals surface area contributed by atoms with Gasteiger partial charge in [0.1, 0.15) is 23.7 Å². The largest absolute Gasteiger partial charge is 0.479 e. The summed E-state index contributed by atoms with van der Waals surface area (Å²) >= 11 is 12.3. The topological polar surface area (TPSA) is 157 Å². The van der Waals surface area contributed by atoms with Gasteiger partial charge >= 0.3 is 18.1 Å². The molecule has 2 fully saturated rings. The highest BCUT2D eigenvalue weighted by atomic mass is 35.5. The van der Waals surface area contributed by atoms with Crippen LogP contribution in [-0.4, -0.2) is 80.6 Å². The molecule has 46 heavy (non-hydrogen) atoms. The average molecular weight is 679 g/mol. The highest BCUT2D eigenvalue weighted by Gasteiger charge is 2.61. The van der Waals surface area contributed by atoms with Crippen LogP contribution in [0.5, 0.6) is 0 Å². The molecule has 12 nitrogen and oxygen atoms in total. The Hall–Kier alpha value is -3.51. The van der Waals surface area contributed by atoms with E-state index in [9.17, 15) is 29.1 Å². The minimum absolute atomic E-state index is 0.0289. The van der Waals surface area contributed by atoms with Crippen LogP contribution in [0.25, 0.3) is 0 Å². The first-order valence-corrected chi connectivity index (χ1v) is 16.5. The van der Waals surface area contributed by atoms with Crippen LogP contribution in [-0.2, 0) is 32.2 Å². The molecule has 5 atom stereocenters. The van der Waals surface area contributed by atoms with Crippen molar-refractivity contribution in [2.75, 3.05) is 6.54 Å². The molecule has 0 bridgehead atoms. The third-order valence-electron chi connectivity index (χ3n) is 8.91. The number of rotatable bonds is 3. The standard InChI is InChI=1S/C32H41Cl2N5O7/c1-31(2,3)37-29(44)35-24-10-8-6-4-5-7-9-20-14-32(20,28(42)43)36-26(40)25-13-21(17-39(25)27(24)41)46-30(45)38-15-18-11-22(33)23(34)12-19(18)16-38/h7,9,11-12,20-21,24-25H,4-6,8,10,13-17H2,1-3H3,(H,36,40)(H,42,43)(H2,35,37,44)/b9-7-/t20-,21-,24+,25+,32-/m1/s1. The molecule has 1 saturated heterocycles. The van der Waals surface area contributed by atoms with Crippen molar-refractivity contribution in [3.63, 3.8) is 0 Å². The molecular formula is C32H41Cl2N5O7. The quantitative estimate of drug-likeness (QED) is 0.346. The number of amides is 5. The zero-order valence-corrected chi connectivity index (χ0v) is 27.7. The van der Waals surface area contributed by atoms with Gasteiger partial charge in [-0.25, -0.2) is 14.4 Å². The predicted molar refractivity (Wildman–Crippen MR) is 170 cm³/mol. The summed E-state index contributed by atoms with van der Waals surface area (Å²) in [6, 6.07) is 0.847. The number of allylic oxidation sites excluding steroid dienone is 1. The number of aliphatic carboxylic acids is 1. The number of carboxylic acid groups (broad SMARTS) is 1. The number of urea groups is 1. The second kappa shape index (κ2) is 13.3. The van der Waals surface area contributed by atoms with Crippen LogP contribution in [0.4, 0.5) is 9.59 Å². The Balaban J connectivity index is 1.37. The smallest absolute Gasteiger partial charge is 0.410 e. The van der Waals surface area contributed by atoms with Gasteiger partial charge in [0, 0.05) is 31.0 Å². The number of halogens is 2. The molecule has 14 heteroatoms. The molecule has 1 aromatic rings. The molecule has 1 aliphatic carbocycles. The minimum Gasteiger partial charge on any atom is -0.479 e. The van der Waals surface area contributed by atoms with Crippen LogP contribution in [0.15, 0.2) is 24.3 Å². The number of nitrogens with one attached hydrogen (secondary N) is 3. The van der Waals surface area contributed by atoms with E-state index in [2.05, 4.69) is 16.0 Å². The number of ether oxygens (including phenoxy) is 1. The van der Waals surface area contributed by atoms with Gasteiger partial charge in [-0.05, 0) is 69.7 Å². The molecular weight excluding hydrogens is 637 g/mol. The van der Waals surface area contributed by atoms with E-state index in [-0.39, 0.29) is 38.4 Å². The van der Waals surface area contributed by atoms with Crippen LogP contribution >= 0.6 is 23.2 Å². The third-order valence-corrected chi connectivity index (χ3v) is 9.63. The van der Waals surface area contributed by atoms with Crippen LogP contribution < -0.4 is 16.0 Å². The first-order valence-electron chi connectivity index (χ1n) is 15.7. The van der Waals surface area contributed by atoms with Crippen molar-refractivity contribution < 1.29 is 33.8 Å². The van der Waals surface area contributed by atoms with Crippen molar-refractivity contribution in [2.45, 2.75) is 108 Å². The number of carbonyl (C=O) groups excluding carboxylic acids is 4. The zero-order chi connectivity index (χ0) is 33.4. The summed E-state index contributed by atoms with van der Waals surface area (Å²) in [4.78, 5) is 69.2. The Bertz CT molecular complexity index is 1420.